The predicted octanol–water partition coefficient (Wildman–Crippen LogP) is 2.28. The first-order valence-electron chi connectivity index (χ1n) is 4.84. The summed E-state index contributed by atoms with van der Waals surface area (Å²) in [5, 5.41) is 3.57. The maximum atomic E-state index is 3.57. The molecule has 0 saturated heterocycles. The van der Waals surface area contributed by atoms with Crippen molar-refractivity contribution in [3.05, 3.63) is 0 Å². The summed E-state index contributed by atoms with van der Waals surface area (Å²) in [6.45, 7) is 10.4. The topological polar surface area (TPSA) is 12.0 Å². The molecule has 0 aromatic carbocycles. The average Bonchev–Trinajstić information content (AvgIpc) is 2.61. The van der Waals surface area contributed by atoms with Gasteiger partial charge in [-0.05, 0) is 37.6 Å². The van der Waals surface area contributed by atoms with E-state index in [1.165, 1.54) is 13.0 Å². The molecular weight excluding hydrogens is 134 g/mol. The zero-order chi connectivity index (χ0) is 8.43. The maximum absolute atomic E-state index is 3.57. The van der Waals surface area contributed by atoms with Gasteiger partial charge in [-0.15, -0.1) is 0 Å². The molecule has 1 N–H and O–H groups in total. The molecule has 11 heavy (non-hydrogen) atoms. The van der Waals surface area contributed by atoms with Crippen molar-refractivity contribution in [2.45, 2.75) is 40.2 Å². The van der Waals surface area contributed by atoms with Gasteiger partial charge in [-0.2, -0.15) is 0 Å². The molecule has 0 aromatic rings. The van der Waals surface area contributed by atoms with Crippen LogP contribution >= 0.6 is 0 Å². The van der Waals surface area contributed by atoms with Crippen LogP contribution in [0.15, 0.2) is 0 Å². The highest BCUT2D eigenvalue weighted by atomic mass is 14.9. The minimum absolute atomic E-state index is 0.683. The normalized spacial score (nSPS) is 32.5. The molecule has 1 nitrogen and oxygen atoms in total. The first kappa shape index (κ1) is 9.05. The lowest BCUT2D eigenvalue weighted by molar-refractivity contribution is 0.416. The van der Waals surface area contributed by atoms with E-state index in [1.54, 1.807) is 0 Å². The average molecular weight is 155 g/mol. The molecule has 0 aliphatic heterocycles. The Hall–Kier alpha value is -0.0400. The van der Waals surface area contributed by atoms with Crippen molar-refractivity contribution in [3.8, 4) is 0 Å². The predicted molar refractivity (Wildman–Crippen MR) is 49.6 cm³/mol. The first-order chi connectivity index (χ1) is 5.11. The summed E-state index contributed by atoms with van der Waals surface area (Å²) in [4.78, 5) is 0. The Bertz CT molecular complexity index is 120. The fourth-order valence-electron chi connectivity index (χ4n) is 1.26. The summed E-state index contributed by atoms with van der Waals surface area (Å²) >= 11 is 0. The Labute approximate surface area is 70.6 Å². The van der Waals surface area contributed by atoms with E-state index in [0.717, 1.165) is 17.8 Å². The lowest BCUT2D eigenvalue weighted by Gasteiger charge is -2.16. The Morgan fingerprint density at radius 1 is 1.36 bits per heavy atom. The molecule has 3 atom stereocenters. The van der Waals surface area contributed by atoms with Gasteiger partial charge in [-0.25, -0.2) is 0 Å². The van der Waals surface area contributed by atoms with Crippen LogP contribution in [0.25, 0.3) is 0 Å². The first-order valence-corrected chi connectivity index (χ1v) is 4.84. The molecule has 0 heterocycles. The minimum atomic E-state index is 0.683. The van der Waals surface area contributed by atoms with Gasteiger partial charge in [-0.1, -0.05) is 20.8 Å². The monoisotopic (exact) mass is 155 g/mol. The van der Waals surface area contributed by atoms with Gasteiger partial charge < -0.3 is 5.32 Å². The summed E-state index contributed by atoms with van der Waals surface area (Å²) in [5.74, 6) is 2.74. The van der Waals surface area contributed by atoms with Gasteiger partial charge in [0.1, 0.15) is 0 Å². The van der Waals surface area contributed by atoms with Crippen LogP contribution in [0.5, 0.6) is 0 Å². The molecule has 1 saturated carbocycles. The molecular formula is C10H21N. The number of hydrogen-bond acceptors (Lipinski definition) is 1. The quantitative estimate of drug-likeness (QED) is 0.656. The Morgan fingerprint density at radius 3 is 2.27 bits per heavy atom. The van der Waals surface area contributed by atoms with E-state index in [9.17, 15) is 0 Å². The van der Waals surface area contributed by atoms with E-state index in [2.05, 4.69) is 33.0 Å². The molecule has 1 rings (SSSR count). The second kappa shape index (κ2) is 3.57. The third kappa shape index (κ3) is 2.82. The zero-order valence-corrected chi connectivity index (χ0v) is 8.22. The van der Waals surface area contributed by atoms with Gasteiger partial charge in [0.25, 0.3) is 0 Å². The molecule has 0 bridgehead atoms. The zero-order valence-electron chi connectivity index (χ0n) is 8.22. The highest BCUT2D eigenvalue weighted by molar-refractivity contribution is 4.84. The van der Waals surface area contributed by atoms with Gasteiger partial charge in [0.05, 0.1) is 0 Å². The highest BCUT2D eigenvalue weighted by Crippen LogP contribution is 2.36. The molecule has 0 aromatic heterocycles. The SMILES string of the molecule is CC(C)C(C)NCC1CC1C. The second-order valence-corrected chi connectivity index (χ2v) is 4.41. The van der Waals surface area contributed by atoms with Crippen LogP contribution in [-0.2, 0) is 0 Å². The van der Waals surface area contributed by atoms with Gasteiger partial charge in [0.15, 0.2) is 0 Å². The largest absolute Gasteiger partial charge is 0.314 e. The van der Waals surface area contributed by atoms with Crippen molar-refractivity contribution in [1.29, 1.82) is 0 Å². The standard InChI is InChI=1S/C10H21N/c1-7(2)9(4)11-6-10-5-8(10)3/h7-11H,5-6H2,1-4H3. The van der Waals surface area contributed by atoms with Crippen LogP contribution in [0.3, 0.4) is 0 Å². The Morgan fingerprint density at radius 2 is 1.91 bits per heavy atom. The molecule has 66 valence electrons. The van der Waals surface area contributed by atoms with Gasteiger partial charge in [0, 0.05) is 6.04 Å². The lowest BCUT2D eigenvalue weighted by Crippen LogP contribution is -2.32. The summed E-state index contributed by atoms with van der Waals surface area (Å²) < 4.78 is 0. The molecule has 1 heteroatoms. The fourth-order valence-corrected chi connectivity index (χ4v) is 1.26. The van der Waals surface area contributed by atoms with E-state index >= 15 is 0 Å². The van der Waals surface area contributed by atoms with Crippen LogP contribution in [0, 0.1) is 17.8 Å². The van der Waals surface area contributed by atoms with Crippen molar-refractivity contribution in [2.75, 3.05) is 6.54 Å². The third-order valence-electron chi connectivity index (χ3n) is 2.98. The van der Waals surface area contributed by atoms with E-state index in [4.69, 9.17) is 0 Å². The van der Waals surface area contributed by atoms with E-state index in [1.807, 2.05) is 0 Å². The Balaban J connectivity index is 2.03. The van der Waals surface area contributed by atoms with Crippen LogP contribution in [0.4, 0.5) is 0 Å². The molecule has 1 fully saturated rings. The molecule has 1 aliphatic carbocycles. The fraction of sp³-hybridized carbons (Fsp3) is 1.00. The number of rotatable bonds is 4. The highest BCUT2D eigenvalue weighted by Gasteiger charge is 2.32. The van der Waals surface area contributed by atoms with Gasteiger partial charge >= 0.3 is 0 Å². The molecule has 1 aliphatic rings. The third-order valence-corrected chi connectivity index (χ3v) is 2.98. The van der Waals surface area contributed by atoms with E-state index in [-0.39, 0.29) is 0 Å². The van der Waals surface area contributed by atoms with Crippen molar-refractivity contribution in [1.82, 2.24) is 5.32 Å². The van der Waals surface area contributed by atoms with Crippen LogP contribution in [0.1, 0.15) is 34.1 Å². The number of hydrogen-bond donors (Lipinski definition) is 1. The van der Waals surface area contributed by atoms with Crippen LogP contribution in [0.2, 0.25) is 0 Å². The van der Waals surface area contributed by atoms with Crippen molar-refractivity contribution in [3.63, 3.8) is 0 Å². The molecule has 0 radical (unpaired) electrons. The summed E-state index contributed by atoms with van der Waals surface area (Å²) in [5.41, 5.74) is 0. The summed E-state index contributed by atoms with van der Waals surface area (Å²) in [6.07, 6.45) is 1.44. The number of nitrogens with one attached hydrogen (secondary N) is 1. The van der Waals surface area contributed by atoms with Crippen molar-refractivity contribution >= 4 is 0 Å². The summed E-state index contributed by atoms with van der Waals surface area (Å²) in [7, 11) is 0. The van der Waals surface area contributed by atoms with E-state index < -0.39 is 0 Å². The van der Waals surface area contributed by atoms with Gasteiger partial charge in [0.2, 0.25) is 0 Å². The van der Waals surface area contributed by atoms with Crippen molar-refractivity contribution < 1.29 is 0 Å². The molecule has 3 unspecified atom stereocenters. The minimum Gasteiger partial charge on any atom is -0.314 e. The summed E-state index contributed by atoms with van der Waals surface area (Å²) in [6, 6.07) is 0.683. The van der Waals surface area contributed by atoms with Gasteiger partial charge in [-0.3, -0.25) is 0 Å². The Kier molecular flexibility index (Phi) is 2.94. The van der Waals surface area contributed by atoms with Crippen LogP contribution < -0.4 is 5.32 Å². The van der Waals surface area contributed by atoms with Crippen LogP contribution in [-0.4, -0.2) is 12.6 Å². The molecule has 0 spiro atoms. The smallest absolute Gasteiger partial charge is 0.00618 e. The van der Waals surface area contributed by atoms with Crippen molar-refractivity contribution in [2.24, 2.45) is 17.8 Å². The molecule has 0 amide bonds. The second-order valence-electron chi connectivity index (χ2n) is 4.41. The van der Waals surface area contributed by atoms with E-state index in [0.29, 0.717) is 6.04 Å². The maximum Gasteiger partial charge on any atom is 0.00618 e. The lowest BCUT2D eigenvalue weighted by atomic mass is 10.1.